The second-order valence-corrected chi connectivity index (χ2v) is 6.51. The van der Waals surface area contributed by atoms with Crippen molar-refractivity contribution in [3.63, 3.8) is 0 Å². The van der Waals surface area contributed by atoms with E-state index >= 15 is 0 Å². The third kappa shape index (κ3) is 3.04. The van der Waals surface area contributed by atoms with Gasteiger partial charge in [0, 0.05) is 5.69 Å². The first-order valence-electron chi connectivity index (χ1n) is 8.89. The molecule has 1 heterocycles. The molecule has 4 nitrogen and oxygen atoms in total. The Bertz CT molecular complexity index is 920. The first kappa shape index (κ1) is 17.2. The molecule has 136 valence electrons. The van der Waals surface area contributed by atoms with Crippen LogP contribution >= 0.6 is 0 Å². The average molecular weight is 359 g/mol. The van der Waals surface area contributed by atoms with Crippen LogP contribution in [0.3, 0.4) is 0 Å². The SMILES string of the molecule is COc1ccc([C@@H]2[C@@H](c3ccccc3)C(=O)N2c2ccc(OC)cc2)cc1. The van der Waals surface area contributed by atoms with Crippen LogP contribution in [0.1, 0.15) is 23.1 Å². The number of nitrogens with zero attached hydrogens (tertiary/aromatic N) is 1. The van der Waals surface area contributed by atoms with E-state index in [0.717, 1.165) is 28.3 Å². The third-order valence-electron chi connectivity index (χ3n) is 5.06. The number of benzene rings is 3. The molecule has 0 spiro atoms. The van der Waals surface area contributed by atoms with E-state index in [2.05, 4.69) is 0 Å². The lowest BCUT2D eigenvalue weighted by Crippen LogP contribution is -2.53. The number of ether oxygens (including phenoxy) is 2. The number of hydrogen-bond acceptors (Lipinski definition) is 3. The molecule has 3 aromatic carbocycles. The fourth-order valence-corrected chi connectivity index (χ4v) is 3.65. The van der Waals surface area contributed by atoms with Crippen LogP contribution < -0.4 is 14.4 Å². The summed E-state index contributed by atoms with van der Waals surface area (Å²) in [5, 5.41) is 0. The van der Waals surface area contributed by atoms with Crippen LogP contribution in [0.15, 0.2) is 78.9 Å². The second-order valence-electron chi connectivity index (χ2n) is 6.51. The summed E-state index contributed by atoms with van der Waals surface area (Å²) in [5.74, 6) is 1.48. The summed E-state index contributed by atoms with van der Waals surface area (Å²) in [4.78, 5) is 15.0. The summed E-state index contributed by atoms with van der Waals surface area (Å²) in [7, 11) is 3.29. The van der Waals surface area contributed by atoms with Crippen molar-refractivity contribution in [3.8, 4) is 11.5 Å². The number of hydrogen-bond donors (Lipinski definition) is 0. The Hall–Kier alpha value is -3.27. The average Bonchev–Trinajstić information content (AvgIpc) is 2.73. The normalized spacial score (nSPS) is 18.7. The maximum absolute atomic E-state index is 13.1. The fraction of sp³-hybridized carbons (Fsp3) is 0.174. The summed E-state index contributed by atoms with van der Waals surface area (Å²) < 4.78 is 10.5. The van der Waals surface area contributed by atoms with Gasteiger partial charge in [-0.25, -0.2) is 0 Å². The predicted molar refractivity (Wildman–Crippen MR) is 105 cm³/mol. The second kappa shape index (κ2) is 7.16. The Kier molecular flexibility index (Phi) is 4.55. The van der Waals surface area contributed by atoms with Crippen molar-refractivity contribution in [2.75, 3.05) is 19.1 Å². The molecule has 0 radical (unpaired) electrons. The number of anilines is 1. The van der Waals surface area contributed by atoms with Crippen LogP contribution in [-0.4, -0.2) is 20.1 Å². The first-order valence-corrected chi connectivity index (χ1v) is 8.89. The number of carbonyl (C=O) groups excluding carboxylic acids is 1. The van der Waals surface area contributed by atoms with Crippen molar-refractivity contribution in [3.05, 3.63) is 90.0 Å². The zero-order chi connectivity index (χ0) is 18.8. The van der Waals surface area contributed by atoms with Gasteiger partial charge >= 0.3 is 0 Å². The van der Waals surface area contributed by atoms with E-state index in [1.807, 2.05) is 83.8 Å². The molecule has 4 heteroatoms. The zero-order valence-corrected chi connectivity index (χ0v) is 15.3. The quantitative estimate of drug-likeness (QED) is 0.626. The standard InChI is InChI=1S/C23H21NO3/c1-26-19-12-8-17(9-13-19)22-21(16-6-4-3-5-7-16)23(25)24(22)18-10-14-20(27-2)15-11-18/h3-15,21-22H,1-2H3/t21-,22-/m1/s1. The molecule has 2 atom stereocenters. The van der Waals surface area contributed by atoms with E-state index in [9.17, 15) is 4.79 Å². The third-order valence-corrected chi connectivity index (χ3v) is 5.06. The molecule has 3 aromatic rings. The monoisotopic (exact) mass is 359 g/mol. The van der Waals surface area contributed by atoms with Crippen LogP contribution in [0, 0.1) is 0 Å². The lowest BCUT2D eigenvalue weighted by atomic mass is 9.77. The number of amides is 1. The predicted octanol–water partition coefficient (Wildman–Crippen LogP) is 4.58. The molecular weight excluding hydrogens is 338 g/mol. The minimum atomic E-state index is -0.193. The van der Waals surface area contributed by atoms with E-state index in [1.54, 1.807) is 14.2 Å². The molecule has 1 amide bonds. The molecule has 0 unspecified atom stereocenters. The maximum Gasteiger partial charge on any atom is 0.237 e. The Morgan fingerprint density at radius 2 is 1.26 bits per heavy atom. The zero-order valence-electron chi connectivity index (χ0n) is 15.3. The van der Waals surface area contributed by atoms with Crippen molar-refractivity contribution >= 4 is 11.6 Å². The van der Waals surface area contributed by atoms with Crippen molar-refractivity contribution in [1.82, 2.24) is 0 Å². The van der Waals surface area contributed by atoms with Crippen LogP contribution in [-0.2, 0) is 4.79 Å². The first-order chi connectivity index (χ1) is 13.2. The van der Waals surface area contributed by atoms with Gasteiger partial charge in [-0.05, 0) is 47.5 Å². The van der Waals surface area contributed by atoms with Crippen LogP contribution in [0.25, 0.3) is 0 Å². The Morgan fingerprint density at radius 1 is 0.704 bits per heavy atom. The maximum atomic E-state index is 13.1. The van der Waals surface area contributed by atoms with Crippen LogP contribution in [0.2, 0.25) is 0 Å². The van der Waals surface area contributed by atoms with Gasteiger partial charge in [0.25, 0.3) is 0 Å². The molecule has 0 aromatic heterocycles. The summed E-state index contributed by atoms with van der Waals surface area (Å²) >= 11 is 0. The van der Waals surface area contributed by atoms with Crippen molar-refractivity contribution in [1.29, 1.82) is 0 Å². The van der Waals surface area contributed by atoms with Gasteiger partial charge in [0.1, 0.15) is 11.5 Å². The highest BCUT2D eigenvalue weighted by Gasteiger charge is 2.49. The molecule has 0 saturated carbocycles. The Balaban J connectivity index is 1.73. The van der Waals surface area contributed by atoms with Gasteiger partial charge in [0.2, 0.25) is 5.91 Å². The Labute approximate surface area is 159 Å². The highest BCUT2D eigenvalue weighted by Crippen LogP contribution is 2.49. The molecule has 0 bridgehead atoms. The lowest BCUT2D eigenvalue weighted by Gasteiger charge is -2.47. The molecule has 0 aliphatic carbocycles. The van der Waals surface area contributed by atoms with E-state index in [4.69, 9.17) is 9.47 Å². The van der Waals surface area contributed by atoms with Gasteiger partial charge in [-0.1, -0.05) is 42.5 Å². The van der Waals surface area contributed by atoms with Gasteiger partial charge in [-0.15, -0.1) is 0 Å². The molecule has 4 rings (SSSR count). The van der Waals surface area contributed by atoms with Gasteiger partial charge in [-0.2, -0.15) is 0 Å². The Morgan fingerprint density at radius 3 is 1.81 bits per heavy atom. The van der Waals surface area contributed by atoms with E-state index < -0.39 is 0 Å². The van der Waals surface area contributed by atoms with Gasteiger partial charge in [0.05, 0.1) is 26.2 Å². The molecule has 1 aliphatic rings. The smallest absolute Gasteiger partial charge is 0.237 e. The summed E-state index contributed by atoms with van der Waals surface area (Å²) in [6.45, 7) is 0. The molecule has 1 fully saturated rings. The fourth-order valence-electron chi connectivity index (χ4n) is 3.65. The molecule has 0 N–H and O–H groups in total. The van der Waals surface area contributed by atoms with Crippen molar-refractivity contribution in [2.24, 2.45) is 0 Å². The number of methoxy groups -OCH3 is 2. The lowest BCUT2D eigenvalue weighted by molar-refractivity contribution is -0.126. The van der Waals surface area contributed by atoms with Gasteiger partial charge in [-0.3, -0.25) is 4.79 Å². The number of β-lactam (4-membered cyclic amide) rings is 1. The molecule has 1 saturated heterocycles. The van der Waals surface area contributed by atoms with Crippen molar-refractivity contribution < 1.29 is 14.3 Å². The largest absolute Gasteiger partial charge is 0.497 e. The summed E-state index contributed by atoms with van der Waals surface area (Å²) in [6.07, 6.45) is 0. The van der Waals surface area contributed by atoms with Crippen molar-refractivity contribution in [2.45, 2.75) is 12.0 Å². The van der Waals surface area contributed by atoms with E-state index in [0.29, 0.717) is 0 Å². The number of carbonyl (C=O) groups is 1. The topological polar surface area (TPSA) is 38.8 Å². The van der Waals surface area contributed by atoms with Crippen LogP contribution in [0.4, 0.5) is 5.69 Å². The highest BCUT2D eigenvalue weighted by atomic mass is 16.5. The van der Waals surface area contributed by atoms with Gasteiger partial charge in [0.15, 0.2) is 0 Å². The number of rotatable bonds is 5. The van der Waals surface area contributed by atoms with Crippen LogP contribution in [0.5, 0.6) is 11.5 Å². The minimum absolute atomic E-state index is 0.0563. The molecule has 1 aliphatic heterocycles. The van der Waals surface area contributed by atoms with Gasteiger partial charge < -0.3 is 14.4 Å². The summed E-state index contributed by atoms with van der Waals surface area (Å²) in [6, 6.07) is 25.4. The molecule has 27 heavy (non-hydrogen) atoms. The summed E-state index contributed by atoms with van der Waals surface area (Å²) in [5.41, 5.74) is 2.99. The minimum Gasteiger partial charge on any atom is -0.497 e. The molecular formula is C23H21NO3. The highest BCUT2D eigenvalue weighted by molar-refractivity contribution is 6.06. The van der Waals surface area contributed by atoms with E-state index in [-0.39, 0.29) is 17.9 Å². The van der Waals surface area contributed by atoms with E-state index in [1.165, 1.54) is 0 Å².